The van der Waals surface area contributed by atoms with Gasteiger partial charge in [-0.3, -0.25) is 9.59 Å². The van der Waals surface area contributed by atoms with E-state index in [9.17, 15) is 14.4 Å². The van der Waals surface area contributed by atoms with Crippen LogP contribution < -0.4 is 4.90 Å². The van der Waals surface area contributed by atoms with Crippen LogP contribution in [0.15, 0.2) is 54.6 Å². The molecule has 0 spiro atoms. The number of nitrogens with zero attached hydrogens (tertiary/aromatic N) is 2. The van der Waals surface area contributed by atoms with Gasteiger partial charge < -0.3 is 9.64 Å². The van der Waals surface area contributed by atoms with Crippen molar-refractivity contribution < 1.29 is 19.1 Å². The van der Waals surface area contributed by atoms with Gasteiger partial charge >= 0.3 is 6.09 Å². The average Bonchev–Trinajstić information content (AvgIpc) is 3.07. The Kier molecular flexibility index (Phi) is 5.54. The number of likely N-dealkylation sites (tertiary alicyclic amines) is 1. The second kappa shape index (κ2) is 8.03. The quantitative estimate of drug-likeness (QED) is 0.833. The van der Waals surface area contributed by atoms with Gasteiger partial charge in [0.05, 0.1) is 0 Å². The Bertz CT molecular complexity index is 850. The zero-order valence-corrected chi connectivity index (χ0v) is 15.4. The van der Waals surface area contributed by atoms with E-state index in [0.717, 1.165) is 21.7 Å². The van der Waals surface area contributed by atoms with Gasteiger partial charge in [0.2, 0.25) is 11.8 Å². The van der Waals surface area contributed by atoms with Gasteiger partial charge in [0, 0.05) is 19.2 Å². The standard InChI is InChI=1S/C21H22N2O4/c1-15-7-6-10-17(13-15)22(2)20(25)18-11-12-19(24)23(18)21(26)27-14-16-8-4-3-5-9-16/h3-10,13,18H,11-12,14H2,1-2H3. The lowest BCUT2D eigenvalue weighted by Crippen LogP contribution is -2.48. The third-order valence-electron chi connectivity index (χ3n) is 4.62. The minimum atomic E-state index is -0.841. The summed E-state index contributed by atoms with van der Waals surface area (Å²) < 4.78 is 5.26. The Morgan fingerprint density at radius 2 is 1.89 bits per heavy atom. The van der Waals surface area contributed by atoms with Crippen molar-refractivity contribution in [3.63, 3.8) is 0 Å². The van der Waals surface area contributed by atoms with Gasteiger partial charge in [-0.05, 0) is 36.6 Å². The molecule has 2 aromatic carbocycles. The smallest absolute Gasteiger partial charge is 0.417 e. The molecule has 1 heterocycles. The summed E-state index contributed by atoms with van der Waals surface area (Å²) in [7, 11) is 1.65. The second-order valence-corrected chi connectivity index (χ2v) is 6.59. The van der Waals surface area contributed by atoms with Gasteiger partial charge in [-0.1, -0.05) is 42.5 Å². The van der Waals surface area contributed by atoms with Crippen LogP contribution in [0.5, 0.6) is 0 Å². The van der Waals surface area contributed by atoms with Crippen molar-refractivity contribution in [1.82, 2.24) is 4.90 Å². The number of aryl methyl sites for hydroxylation is 1. The molecule has 140 valence electrons. The molecule has 0 bridgehead atoms. The summed E-state index contributed by atoms with van der Waals surface area (Å²) >= 11 is 0. The highest BCUT2D eigenvalue weighted by atomic mass is 16.6. The SMILES string of the molecule is Cc1cccc(N(C)C(=O)C2CCC(=O)N2C(=O)OCc2ccccc2)c1. The summed E-state index contributed by atoms with van der Waals surface area (Å²) in [5.74, 6) is -0.688. The fourth-order valence-electron chi connectivity index (χ4n) is 3.12. The first-order valence-corrected chi connectivity index (χ1v) is 8.84. The summed E-state index contributed by atoms with van der Waals surface area (Å²) in [6.45, 7) is 1.99. The second-order valence-electron chi connectivity index (χ2n) is 6.59. The van der Waals surface area contributed by atoms with E-state index >= 15 is 0 Å². The van der Waals surface area contributed by atoms with E-state index in [1.165, 1.54) is 4.90 Å². The highest BCUT2D eigenvalue weighted by Crippen LogP contribution is 2.24. The van der Waals surface area contributed by atoms with Crippen LogP contribution in [0.1, 0.15) is 24.0 Å². The molecule has 1 aliphatic heterocycles. The zero-order valence-electron chi connectivity index (χ0n) is 15.4. The molecular weight excluding hydrogens is 344 g/mol. The zero-order chi connectivity index (χ0) is 19.4. The van der Waals surface area contributed by atoms with Gasteiger partial charge in [0.15, 0.2) is 0 Å². The average molecular weight is 366 g/mol. The molecule has 3 amide bonds. The Balaban J connectivity index is 1.71. The minimum absolute atomic E-state index is 0.0537. The van der Waals surface area contributed by atoms with Crippen LogP contribution >= 0.6 is 0 Å². The van der Waals surface area contributed by atoms with E-state index in [4.69, 9.17) is 4.74 Å². The topological polar surface area (TPSA) is 66.9 Å². The number of hydrogen-bond acceptors (Lipinski definition) is 4. The number of likely N-dealkylation sites (N-methyl/N-ethyl adjacent to an activating group) is 1. The van der Waals surface area contributed by atoms with Gasteiger partial charge in [-0.2, -0.15) is 0 Å². The molecule has 1 saturated heterocycles. The predicted molar refractivity (Wildman–Crippen MR) is 101 cm³/mol. The van der Waals surface area contributed by atoms with Gasteiger partial charge in [-0.15, -0.1) is 0 Å². The highest BCUT2D eigenvalue weighted by molar-refractivity contribution is 6.05. The molecule has 1 aliphatic rings. The van der Waals surface area contributed by atoms with E-state index in [1.54, 1.807) is 7.05 Å². The van der Waals surface area contributed by atoms with Crippen molar-refractivity contribution in [3.8, 4) is 0 Å². The number of benzene rings is 2. The number of rotatable bonds is 4. The fourth-order valence-corrected chi connectivity index (χ4v) is 3.12. The third kappa shape index (κ3) is 4.16. The van der Waals surface area contributed by atoms with Crippen molar-refractivity contribution in [3.05, 3.63) is 65.7 Å². The van der Waals surface area contributed by atoms with Crippen molar-refractivity contribution in [2.45, 2.75) is 32.4 Å². The summed E-state index contributed by atoms with van der Waals surface area (Å²) in [4.78, 5) is 40.0. The van der Waals surface area contributed by atoms with Gasteiger partial charge in [0.25, 0.3) is 0 Å². The summed E-state index contributed by atoms with van der Waals surface area (Å²) in [6.07, 6.45) is -0.329. The lowest BCUT2D eigenvalue weighted by atomic mass is 10.1. The number of anilines is 1. The molecule has 1 unspecified atom stereocenters. The Morgan fingerprint density at radius 3 is 2.59 bits per heavy atom. The number of imide groups is 1. The molecule has 0 aromatic heterocycles. The van der Waals surface area contributed by atoms with E-state index in [1.807, 2.05) is 61.5 Å². The van der Waals surface area contributed by atoms with E-state index in [2.05, 4.69) is 0 Å². The lowest BCUT2D eigenvalue weighted by molar-refractivity contribution is -0.132. The maximum atomic E-state index is 12.9. The number of carbonyl (C=O) groups excluding carboxylic acids is 3. The number of ether oxygens (including phenoxy) is 1. The molecule has 2 aromatic rings. The fraction of sp³-hybridized carbons (Fsp3) is 0.286. The highest BCUT2D eigenvalue weighted by Gasteiger charge is 2.42. The van der Waals surface area contributed by atoms with Crippen molar-refractivity contribution in [2.24, 2.45) is 0 Å². The first-order chi connectivity index (χ1) is 13.0. The minimum Gasteiger partial charge on any atom is -0.444 e. The van der Waals surface area contributed by atoms with E-state index in [0.29, 0.717) is 6.42 Å². The molecule has 1 fully saturated rings. The van der Waals surface area contributed by atoms with Crippen molar-refractivity contribution >= 4 is 23.6 Å². The number of hydrogen-bond donors (Lipinski definition) is 0. The summed E-state index contributed by atoms with van der Waals surface area (Å²) in [6, 6.07) is 15.9. The Morgan fingerprint density at radius 1 is 1.15 bits per heavy atom. The first-order valence-electron chi connectivity index (χ1n) is 8.84. The molecule has 0 saturated carbocycles. The number of carbonyl (C=O) groups is 3. The van der Waals surface area contributed by atoms with Crippen LogP contribution in [0, 0.1) is 6.92 Å². The normalized spacial score (nSPS) is 16.3. The third-order valence-corrected chi connectivity index (χ3v) is 4.62. The summed E-state index contributed by atoms with van der Waals surface area (Å²) in [5, 5.41) is 0. The van der Waals surface area contributed by atoms with Gasteiger partial charge in [-0.25, -0.2) is 9.69 Å². The van der Waals surface area contributed by atoms with Crippen LogP contribution in [0.3, 0.4) is 0 Å². The monoisotopic (exact) mass is 366 g/mol. The van der Waals surface area contributed by atoms with Gasteiger partial charge in [0.1, 0.15) is 12.6 Å². The Hall–Kier alpha value is -3.15. The maximum Gasteiger partial charge on any atom is 0.417 e. The van der Waals surface area contributed by atoms with Crippen molar-refractivity contribution in [2.75, 3.05) is 11.9 Å². The van der Waals surface area contributed by atoms with E-state index < -0.39 is 12.1 Å². The summed E-state index contributed by atoms with van der Waals surface area (Å²) in [5.41, 5.74) is 2.56. The molecule has 27 heavy (non-hydrogen) atoms. The number of amides is 3. The molecule has 1 atom stereocenters. The van der Waals surface area contributed by atoms with Crippen LogP contribution in [-0.2, 0) is 20.9 Å². The van der Waals surface area contributed by atoms with Crippen molar-refractivity contribution in [1.29, 1.82) is 0 Å². The largest absolute Gasteiger partial charge is 0.444 e. The maximum absolute atomic E-state index is 12.9. The molecule has 6 nitrogen and oxygen atoms in total. The molecule has 0 radical (unpaired) electrons. The lowest BCUT2D eigenvalue weighted by Gasteiger charge is -2.26. The van der Waals surface area contributed by atoms with Crippen LogP contribution in [0.2, 0.25) is 0 Å². The van der Waals surface area contributed by atoms with Crippen LogP contribution in [0.4, 0.5) is 10.5 Å². The van der Waals surface area contributed by atoms with Crippen LogP contribution in [0.25, 0.3) is 0 Å². The molecule has 3 rings (SSSR count). The Labute approximate surface area is 158 Å². The molecule has 0 N–H and O–H groups in total. The predicted octanol–water partition coefficient (Wildman–Crippen LogP) is 3.29. The van der Waals surface area contributed by atoms with E-state index in [-0.39, 0.29) is 24.8 Å². The first kappa shape index (κ1) is 18.6. The van der Waals surface area contributed by atoms with Crippen LogP contribution in [-0.4, -0.2) is 35.9 Å². The molecule has 6 heteroatoms. The molecular formula is C21H22N2O4. The molecule has 0 aliphatic carbocycles.